The number of nitrogens with two attached hydrogens (primary N) is 2. The Balaban J connectivity index is 1.60. The second-order valence-corrected chi connectivity index (χ2v) is 11.7. The maximum atomic E-state index is 14.9. The normalized spacial score (nSPS) is 24.3. The standard InChI is InChI=1S/C29H27FN6O5/c1-28(2,3)21-26-35-20(25-33-18(11-39-25)23(32)37)22(41-26)29-14-10-13(30)5-6-17(14)34-27(29)40-19-7-4-12(8-15(19)29)9-16(31)24(38)36-21/h4-8,10-11,16,21,27,34H,9,31H2,1-3H3,(H2,32,37)(H,36,38). The highest BCUT2D eigenvalue weighted by Gasteiger charge is 2.61. The van der Waals surface area contributed by atoms with Gasteiger partial charge in [-0.15, -0.1) is 0 Å². The molecule has 0 radical (unpaired) electrons. The van der Waals surface area contributed by atoms with Crippen molar-refractivity contribution in [2.24, 2.45) is 16.9 Å². The molecule has 4 bridgehead atoms. The van der Waals surface area contributed by atoms with Crippen molar-refractivity contribution in [2.75, 3.05) is 5.32 Å². The molecule has 0 fully saturated rings. The number of fused-ring (bicyclic) bond motifs is 4. The Morgan fingerprint density at radius 1 is 1.12 bits per heavy atom. The molecule has 3 aliphatic heterocycles. The highest BCUT2D eigenvalue weighted by Crippen LogP contribution is 2.59. The average Bonchev–Trinajstić information content (AvgIpc) is 3.67. The summed E-state index contributed by atoms with van der Waals surface area (Å²) in [4.78, 5) is 34.3. The van der Waals surface area contributed by atoms with E-state index in [0.717, 1.165) is 11.8 Å². The van der Waals surface area contributed by atoms with E-state index in [-0.39, 0.29) is 41.3 Å². The minimum Gasteiger partial charge on any atom is -0.469 e. The van der Waals surface area contributed by atoms with Crippen LogP contribution in [0.1, 0.15) is 65.6 Å². The molecular weight excluding hydrogens is 531 g/mol. The lowest BCUT2D eigenvalue weighted by atomic mass is 9.72. The third-order valence-corrected chi connectivity index (χ3v) is 7.95. The van der Waals surface area contributed by atoms with Gasteiger partial charge in [0.1, 0.15) is 29.3 Å². The predicted octanol–water partition coefficient (Wildman–Crippen LogP) is 3.13. The molecule has 0 aliphatic carbocycles. The zero-order valence-corrected chi connectivity index (χ0v) is 22.4. The molecule has 7 rings (SSSR count). The monoisotopic (exact) mass is 558 g/mol. The molecule has 11 nitrogen and oxygen atoms in total. The van der Waals surface area contributed by atoms with Gasteiger partial charge in [0.15, 0.2) is 23.4 Å². The molecule has 2 aromatic carbocycles. The summed E-state index contributed by atoms with van der Waals surface area (Å²) in [5.41, 5.74) is 12.7. The van der Waals surface area contributed by atoms with Gasteiger partial charge in [0.2, 0.25) is 17.7 Å². The molecule has 0 saturated heterocycles. The Labute approximate surface area is 233 Å². The third-order valence-electron chi connectivity index (χ3n) is 7.95. The number of ether oxygens (including phenoxy) is 1. The highest BCUT2D eigenvalue weighted by atomic mass is 19.1. The van der Waals surface area contributed by atoms with Crippen molar-refractivity contribution < 1.29 is 27.6 Å². The molecule has 2 aromatic heterocycles. The van der Waals surface area contributed by atoms with Gasteiger partial charge in [0, 0.05) is 16.8 Å². The summed E-state index contributed by atoms with van der Waals surface area (Å²) in [6.07, 6.45) is 0.633. The fourth-order valence-electron chi connectivity index (χ4n) is 5.98. The van der Waals surface area contributed by atoms with Crippen LogP contribution in [-0.4, -0.2) is 34.1 Å². The molecular formula is C29H27FN6O5. The van der Waals surface area contributed by atoms with E-state index in [9.17, 15) is 14.0 Å². The van der Waals surface area contributed by atoms with Crippen molar-refractivity contribution in [1.82, 2.24) is 15.3 Å². The number of hydrogen-bond acceptors (Lipinski definition) is 9. The van der Waals surface area contributed by atoms with E-state index in [1.165, 1.54) is 12.1 Å². The minimum atomic E-state index is -1.25. The first-order valence-corrected chi connectivity index (χ1v) is 13.2. The number of carbonyl (C=O) groups is 2. The number of nitrogens with one attached hydrogen (secondary N) is 2. The number of rotatable bonds is 2. The zero-order chi connectivity index (χ0) is 28.8. The van der Waals surface area contributed by atoms with Gasteiger partial charge < -0.3 is 35.7 Å². The van der Waals surface area contributed by atoms with Crippen molar-refractivity contribution in [3.8, 4) is 17.3 Å². The van der Waals surface area contributed by atoms with Crippen LogP contribution in [0.4, 0.5) is 10.1 Å². The number of oxazole rings is 2. The van der Waals surface area contributed by atoms with Crippen molar-refractivity contribution in [2.45, 2.75) is 50.9 Å². The Morgan fingerprint density at radius 3 is 2.66 bits per heavy atom. The lowest BCUT2D eigenvalue weighted by Gasteiger charge is -2.31. The van der Waals surface area contributed by atoms with Crippen molar-refractivity contribution >= 4 is 17.5 Å². The topological polar surface area (TPSA) is 172 Å². The van der Waals surface area contributed by atoms with Crippen molar-refractivity contribution in [1.29, 1.82) is 0 Å². The molecule has 4 aromatic rings. The van der Waals surface area contributed by atoms with Crippen LogP contribution in [0.3, 0.4) is 0 Å². The number of carbonyl (C=O) groups excluding carboxylic acids is 2. The number of nitrogens with zero attached hydrogens (tertiary/aromatic N) is 2. The molecule has 3 aliphatic rings. The maximum absolute atomic E-state index is 14.9. The predicted molar refractivity (Wildman–Crippen MR) is 143 cm³/mol. The number of aromatic nitrogens is 2. The second-order valence-electron chi connectivity index (χ2n) is 11.7. The molecule has 4 atom stereocenters. The number of primary amides is 1. The van der Waals surface area contributed by atoms with Crippen LogP contribution in [0, 0.1) is 11.2 Å². The molecule has 5 heterocycles. The fourth-order valence-corrected chi connectivity index (χ4v) is 5.98. The zero-order valence-electron chi connectivity index (χ0n) is 22.4. The maximum Gasteiger partial charge on any atom is 0.270 e. The average molecular weight is 559 g/mol. The molecule has 41 heavy (non-hydrogen) atoms. The van der Waals surface area contributed by atoms with E-state index in [1.807, 2.05) is 32.9 Å². The van der Waals surface area contributed by atoms with Gasteiger partial charge in [-0.2, -0.15) is 0 Å². The Bertz CT molecular complexity index is 1760. The summed E-state index contributed by atoms with van der Waals surface area (Å²) < 4.78 is 33.7. The number of halogens is 1. The van der Waals surface area contributed by atoms with Crippen LogP contribution < -0.4 is 26.8 Å². The number of anilines is 1. The summed E-state index contributed by atoms with van der Waals surface area (Å²) in [7, 11) is 0. The van der Waals surface area contributed by atoms with Crippen LogP contribution in [0.15, 0.2) is 51.5 Å². The fraction of sp³-hybridized carbons (Fsp3) is 0.310. The first-order chi connectivity index (χ1) is 19.5. The Kier molecular flexibility index (Phi) is 5.18. The van der Waals surface area contributed by atoms with Crippen molar-refractivity contribution in [3.05, 3.63) is 82.5 Å². The summed E-state index contributed by atoms with van der Waals surface area (Å²) in [6, 6.07) is 8.38. The lowest BCUT2D eigenvalue weighted by molar-refractivity contribution is -0.124. The van der Waals surface area contributed by atoms with Gasteiger partial charge >= 0.3 is 0 Å². The minimum absolute atomic E-state index is 0.0306. The summed E-state index contributed by atoms with van der Waals surface area (Å²) in [6.45, 7) is 5.78. The molecule has 0 saturated carbocycles. The summed E-state index contributed by atoms with van der Waals surface area (Å²) in [5.74, 6) is -0.698. The van der Waals surface area contributed by atoms with Crippen molar-refractivity contribution in [3.63, 3.8) is 0 Å². The second kappa shape index (κ2) is 8.40. The molecule has 4 unspecified atom stereocenters. The SMILES string of the molecule is CC(C)(C)C1NC(=O)C(N)Cc2ccc3c(c2)C2(c4cc(F)ccc4NC2O3)c2oc1nc2-c1nc(C(N)=O)co1. The quantitative estimate of drug-likeness (QED) is 0.288. The van der Waals surface area contributed by atoms with Gasteiger partial charge in [-0.05, 0) is 41.7 Å². The van der Waals surface area contributed by atoms with Crippen LogP contribution in [0.2, 0.25) is 0 Å². The van der Waals surface area contributed by atoms with E-state index in [4.69, 9.17) is 30.0 Å². The van der Waals surface area contributed by atoms with Gasteiger partial charge in [0.05, 0.1) is 6.04 Å². The largest absolute Gasteiger partial charge is 0.469 e. The molecule has 1 spiro atoms. The van der Waals surface area contributed by atoms with Gasteiger partial charge in [-0.1, -0.05) is 32.9 Å². The number of benzene rings is 2. The Morgan fingerprint density at radius 2 is 1.93 bits per heavy atom. The van der Waals surface area contributed by atoms with E-state index in [0.29, 0.717) is 22.6 Å². The van der Waals surface area contributed by atoms with Gasteiger partial charge in [-0.3, -0.25) is 9.59 Å². The lowest BCUT2D eigenvalue weighted by Crippen LogP contribution is -2.46. The smallest absolute Gasteiger partial charge is 0.270 e. The van der Waals surface area contributed by atoms with E-state index in [1.54, 1.807) is 12.1 Å². The van der Waals surface area contributed by atoms with E-state index < -0.39 is 40.9 Å². The first-order valence-electron chi connectivity index (χ1n) is 13.2. The first kappa shape index (κ1) is 25.3. The van der Waals surface area contributed by atoms with Crippen LogP contribution in [0.5, 0.6) is 5.75 Å². The van der Waals surface area contributed by atoms with Crippen LogP contribution in [-0.2, 0) is 16.6 Å². The molecule has 2 amide bonds. The van der Waals surface area contributed by atoms with E-state index in [2.05, 4.69) is 15.6 Å². The number of hydrogen-bond donors (Lipinski definition) is 4. The number of amides is 2. The summed E-state index contributed by atoms with van der Waals surface area (Å²) in [5, 5.41) is 6.37. The van der Waals surface area contributed by atoms with Crippen LogP contribution >= 0.6 is 0 Å². The third kappa shape index (κ3) is 3.60. The van der Waals surface area contributed by atoms with Gasteiger partial charge in [-0.25, -0.2) is 14.4 Å². The molecule has 6 N–H and O–H groups in total. The Hall–Kier alpha value is -4.71. The molecule has 210 valence electrons. The van der Waals surface area contributed by atoms with E-state index >= 15 is 0 Å². The highest BCUT2D eigenvalue weighted by molar-refractivity contribution is 5.91. The summed E-state index contributed by atoms with van der Waals surface area (Å²) >= 11 is 0. The van der Waals surface area contributed by atoms with Gasteiger partial charge in [0.25, 0.3) is 5.91 Å². The van der Waals surface area contributed by atoms with Crippen LogP contribution in [0.25, 0.3) is 11.6 Å². The molecule has 12 heteroatoms.